The van der Waals surface area contributed by atoms with Crippen LogP contribution in [0, 0.1) is 18.2 Å². The molecule has 0 heterocycles. The van der Waals surface area contributed by atoms with Crippen LogP contribution in [-0.2, 0) is 9.59 Å². The second kappa shape index (κ2) is 6.24. The van der Waals surface area contributed by atoms with Crippen LogP contribution in [0.2, 0.25) is 5.02 Å². The van der Waals surface area contributed by atoms with E-state index in [1.54, 1.807) is 24.3 Å². The Morgan fingerprint density at radius 1 is 1.08 bits per heavy atom. The van der Waals surface area contributed by atoms with Crippen molar-refractivity contribution in [2.75, 3.05) is 10.6 Å². The molecule has 2 aromatic rings. The number of aryl methyl sites for hydroxylation is 1. The molecule has 0 spiro atoms. The third kappa shape index (κ3) is 3.26. The lowest BCUT2D eigenvalue weighted by Crippen LogP contribution is -2.35. The van der Waals surface area contributed by atoms with E-state index in [2.05, 4.69) is 10.6 Å². The zero-order valence-corrected chi connectivity index (χ0v) is 13.8. The lowest BCUT2D eigenvalue weighted by Gasteiger charge is -2.16. The van der Waals surface area contributed by atoms with Gasteiger partial charge in [-0.3, -0.25) is 9.59 Å². The highest BCUT2D eigenvalue weighted by Gasteiger charge is 2.56. The minimum absolute atomic E-state index is 0.335. The van der Waals surface area contributed by atoms with Gasteiger partial charge in [0.2, 0.25) is 11.8 Å². The van der Waals surface area contributed by atoms with Crippen LogP contribution in [0.25, 0.3) is 0 Å². The molecule has 3 rings (SSSR count). The van der Waals surface area contributed by atoms with E-state index in [0.717, 1.165) is 5.56 Å². The highest BCUT2D eigenvalue weighted by Crippen LogP contribution is 2.47. The minimum atomic E-state index is -1.10. The fraction of sp³-hybridized carbons (Fsp3) is 0.222. The molecule has 2 N–H and O–H groups in total. The molecule has 0 aromatic heterocycles. The van der Waals surface area contributed by atoms with Crippen LogP contribution in [0.3, 0.4) is 0 Å². The SMILES string of the molecule is Cc1cc(Cl)ccc1NC(=O)C1(C(=O)Nc2cccc(F)c2)CC1. The molecule has 1 aliphatic carbocycles. The molecule has 2 aromatic carbocycles. The maximum atomic E-state index is 13.2. The zero-order valence-electron chi connectivity index (χ0n) is 13.0. The van der Waals surface area contributed by atoms with E-state index >= 15 is 0 Å². The van der Waals surface area contributed by atoms with Crippen LogP contribution in [0.1, 0.15) is 18.4 Å². The number of hydrogen-bond donors (Lipinski definition) is 2. The molecule has 0 saturated heterocycles. The van der Waals surface area contributed by atoms with E-state index < -0.39 is 17.1 Å². The Morgan fingerprint density at radius 2 is 1.79 bits per heavy atom. The lowest BCUT2D eigenvalue weighted by atomic mass is 10.0. The fourth-order valence-corrected chi connectivity index (χ4v) is 2.74. The summed E-state index contributed by atoms with van der Waals surface area (Å²) in [5.41, 5.74) is 0.673. The van der Waals surface area contributed by atoms with E-state index in [4.69, 9.17) is 11.6 Å². The summed E-state index contributed by atoms with van der Waals surface area (Å²) in [5.74, 6) is -1.22. The molecule has 1 fully saturated rings. The molecular weight excluding hydrogens is 331 g/mol. The van der Waals surface area contributed by atoms with Gasteiger partial charge >= 0.3 is 0 Å². The number of halogens is 2. The minimum Gasteiger partial charge on any atom is -0.325 e. The molecule has 0 unspecified atom stereocenters. The molecule has 2 amide bonds. The van der Waals surface area contributed by atoms with Crippen molar-refractivity contribution in [2.45, 2.75) is 19.8 Å². The first-order valence-corrected chi connectivity index (χ1v) is 7.93. The Labute approximate surface area is 144 Å². The van der Waals surface area contributed by atoms with E-state index in [1.165, 1.54) is 18.2 Å². The van der Waals surface area contributed by atoms with Crippen molar-refractivity contribution in [3.8, 4) is 0 Å². The average molecular weight is 347 g/mol. The molecule has 1 aliphatic rings. The number of carbonyl (C=O) groups is 2. The topological polar surface area (TPSA) is 58.2 Å². The van der Waals surface area contributed by atoms with Crippen LogP contribution in [0.15, 0.2) is 42.5 Å². The average Bonchev–Trinajstić information content (AvgIpc) is 3.32. The van der Waals surface area contributed by atoms with E-state index in [9.17, 15) is 14.0 Å². The number of anilines is 2. The molecule has 4 nitrogen and oxygen atoms in total. The molecule has 0 bridgehead atoms. The van der Waals surface area contributed by atoms with Gasteiger partial charge in [0.15, 0.2) is 0 Å². The second-order valence-electron chi connectivity index (χ2n) is 5.96. The van der Waals surface area contributed by atoms with E-state index in [0.29, 0.717) is 29.2 Å². The third-order valence-corrected chi connectivity index (χ3v) is 4.37. The third-order valence-electron chi connectivity index (χ3n) is 4.14. The van der Waals surface area contributed by atoms with E-state index in [-0.39, 0.29) is 5.91 Å². The van der Waals surface area contributed by atoms with Crippen molar-refractivity contribution in [3.63, 3.8) is 0 Å². The van der Waals surface area contributed by atoms with Gasteiger partial charge < -0.3 is 10.6 Å². The van der Waals surface area contributed by atoms with Gasteiger partial charge in [-0.05, 0) is 61.7 Å². The van der Waals surface area contributed by atoms with Crippen LogP contribution in [0.4, 0.5) is 15.8 Å². The Morgan fingerprint density at radius 3 is 2.42 bits per heavy atom. The molecular formula is C18H16ClFN2O2. The summed E-state index contributed by atoms with van der Waals surface area (Å²) in [5, 5.41) is 5.98. The first kappa shape index (κ1) is 16.5. The summed E-state index contributed by atoms with van der Waals surface area (Å²) < 4.78 is 13.2. The predicted octanol–water partition coefficient (Wildman–Crippen LogP) is 4.14. The van der Waals surface area contributed by atoms with Crippen LogP contribution >= 0.6 is 11.6 Å². The summed E-state index contributed by atoms with van der Waals surface area (Å²) in [6, 6.07) is 10.7. The Hall–Kier alpha value is -2.40. The van der Waals surface area contributed by atoms with Gasteiger partial charge in [-0.15, -0.1) is 0 Å². The highest BCUT2D eigenvalue weighted by molar-refractivity contribution is 6.30. The van der Waals surface area contributed by atoms with Gasteiger partial charge in [0, 0.05) is 16.4 Å². The van der Waals surface area contributed by atoms with Gasteiger partial charge in [0.25, 0.3) is 0 Å². The molecule has 24 heavy (non-hydrogen) atoms. The summed E-state index contributed by atoms with van der Waals surface area (Å²) in [7, 11) is 0. The van der Waals surface area contributed by atoms with Gasteiger partial charge in [-0.1, -0.05) is 17.7 Å². The number of amides is 2. The molecule has 6 heteroatoms. The normalized spacial score (nSPS) is 14.8. The number of rotatable bonds is 4. The maximum Gasteiger partial charge on any atom is 0.240 e. The largest absolute Gasteiger partial charge is 0.325 e. The number of hydrogen-bond acceptors (Lipinski definition) is 2. The molecule has 1 saturated carbocycles. The maximum absolute atomic E-state index is 13.2. The van der Waals surface area contributed by atoms with Gasteiger partial charge in [-0.25, -0.2) is 4.39 Å². The Balaban J connectivity index is 1.73. The fourth-order valence-electron chi connectivity index (χ4n) is 2.51. The van der Waals surface area contributed by atoms with Gasteiger partial charge in [0.05, 0.1) is 0 Å². The van der Waals surface area contributed by atoms with Crippen molar-refractivity contribution in [1.29, 1.82) is 0 Å². The Kier molecular flexibility index (Phi) is 4.28. The van der Waals surface area contributed by atoms with Crippen LogP contribution in [-0.4, -0.2) is 11.8 Å². The van der Waals surface area contributed by atoms with E-state index in [1.807, 2.05) is 6.92 Å². The molecule has 0 aliphatic heterocycles. The quantitative estimate of drug-likeness (QED) is 0.817. The molecule has 0 radical (unpaired) electrons. The summed E-state index contributed by atoms with van der Waals surface area (Å²) >= 11 is 5.90. The van der Waals surface area contributed by atoms with Crippen molar-refractivity contribution >= 4 is 34.8 Å². The highest BCUT2D eigenvalue weighted by atomic mass is 35.5. The van der Waals surface area contributed by atoms with Crippen molar-refractivity contribution in [2.24, 2.45) is 5.41 Å². The lowest BCUT2D eigenvalue weighted by molar-refractivity contribution is -0.131. The van der Waals surface area contributed by atoms with Crippen molar-refractivity contribution in [3.05, 3.63) is 58.9 Å². The van der Waals surface area contributed by atoms with Crippen molar-refractivity contribution < 1.29 is 14.0 Å². The molecule has 0 atom stereocenters. The number of carbonyl (C=O) groups excluding carboxylic acids is 2. The zero-order chi connectivity index (χ0) is 17.3. The Bertz CT molecular complexity index is 818. The van der Waals surface area contributed by atoms with Crippen LogP contribution in [0.5, 0.6) is 0 Å². The number of nitrogens with one attached hydrogen (secondary N) is 2. The summed E-state index contributed by atoms with van der Waals surface area (Å²) in [6.45, 7) is 1.83. The second-order valence-corrected chi connectivity index (χ2v) is 6.40. The van der Waals surface area contributed by atoms with Gasteiger partial charge in [-0.2, -0.15) is 0 Å². The first-order chi connectivity index (χ1) is 11.4. The van der Waals surface area contributed by atoms with Crippen LogP contribution < -0.4 is 10.6 Å². The molecule has 124 valence electrons. The van der Waals surface area contributed by atoms with Gasteiger partial charge in [0.1, 0.15) is 11.2 Å². The monoisotopic (exact) mass is 346 g/mol. The summed E-state index contributed by atoms with van der Waals surface area (Å²) in [6.07, 6.45) is 0.930. The first-order valence-electron chi connectivity index (χ1n) is 7.55. The summed E-state index contributed by atoms with van der Waals surface area (Å²) in [4.78, 5) is 25.0. The number of benzene rings is 2. The smallest absolute Gasteiger partial charge is 0.240 e. The van der Waals surface area contributed by atoms with Crippen molar-refractivity contribution in [1.82, 2.24) is 0 Å². The standard InChI is InChI=1S/C18H16ClFN2O2/c1-11-9-12(19)5-6-15(11)22-17(24)18(7-8-18)16(23)21-14-4-2-3-13(20)10-14/h2-6,9-10H,7-8H2,1H3,(H,21,23)(H,22,24). The predicted molar refractivity (Wildman–Crippen MR) is 91.5 cm³/mol.